The van der Waals surface area contributed by atoms with Crippen LogP contribution in [0.5, 0.6) is 5.75 Å². The van der Waals surface area contributed by atoms with Crippen LogP contribution in [0.2, 0.25) is 0 Å². The highest BCUT2D eigenvalue weighted by atomic mass is 16.5. The van der Waals surface area contributed by atoms with Gasteiger partial charge in [0.25, 0.3) is 5.91 Å². The smallest absolute Gasteiger partial charge is 0.272 e. The van der Waals surface area contributed by atoms with Crippen molar-refractivity contribution in [2.45, 2.75) is 25.4 Å². The van der Waals surface area contributed by atoms with E-state index in [0.717, 1.165) is 16.8 Å². The summed E-state index contributed by atoms with van der Waals surface area (Å²) < 4.78 is 5.44. The Morgan fingerprint density at radius 2 is 1.90 bits per heavy atom. The number of hydrogen-bond donors (Lipinski definition) is 2. The van der Waals surface area contributed by atoms with Crippen LogP contribution in [0.25, 0.3) is 11.3 Å². The minimum absolute atomic E-state index is 0.148. The lowest BCUT2D eigenvalue weighted by atomic mass is 9.85. The van der Waals surface area contributed by atoms with Gasteiger partial charge in [-0.1, -0.05) is 48.5 Å². The number of carbonyl (C=O) groups is 1. The van der Waals surface area contributed by atoms with Crippen molar-refractivity contribution >= 4 is 5.91 Å². The molecule has 1 aliphatic heterocycles. The van der Waals surface area contributed by atoms with E-state index < -0.39 is 5.60 Å². The van der Waals surface area contributed by atoms with E-state index in [-0.39, 0.29) is 12.5 Å². The summed E-state index contributed by atoms with van der Waals surface area (Å²) in [6, 6.07) is 17.2. The highest BCUT2D eigenvalue weighted by Gasteiger charge is 2.39. The Morgan fingerprint density at radius 1 is 1.17 bits per heavy atom. The van der Waals surface area contributed by atoms with Gasteiger partial charge >= 0.3 is 0 Å². The zero-order valence-corrected chi connectivity index (χ0v) is 16.7. The van der Waals surface area contributed by atoms with E-state index in [4.69, 9.17) is 4.74 Å². The van der Waals surface area contributed by atoms with Crippen LogP contribution in [-0.4, -0.2) is 46.3 Å². The number of hydrogen-bond acceptors (Lipinski definition) is 4. The molecule has 2 heterocycles. The quantitative estimate of drug-likeness (QED) is 0.713. The van der Waals surface area contributed by atoms with E-state index in [1.165, 1.54) is 0 Å². The maximum atomic E-state index is 13.3. The zero-order chi connectivity index (χ0) is 20.4. The standard InChI is InChI=1S/C23H25N3O3/c1-16-20(17-9-4-3-5-10-17)24-25-21(16)22(27)26-14-8-13-23(28,15-26)18-11-6-7-12-19(18)29-2/h3-7,9-12,28H,8,13-15H2,1-2H3,(H,24,25). The molecule has 2 aromatic carbocycles. The molecule has 1 unspecified atom stereocenters. The fourth-order valence-electron chi connectivity index (χ4n) is 4.10. The molecular weight excluding hydrogens is 366 g/mol. The fourth-order valence-corrected chi connectivity index (χ4v) is 4.10. The summed E-state index contributed by atoms with van der Waals surface area (Å²) >= 11 is 0. The second-order valence-electron chi connectivity index (χ2n) is 7.50. The third-order valence-electron chi connectivity index (χ3n) is 5.64. The predicted molar refractivity (Wildman–Crippen MR) is 111 cm³/mol. The van der Waals surface area contributed by atoms with Crippen molar-refractivity contribution in [2.75, 3.05) is 20.2 Å². The first-order valence-electron chi connectivity index (χ1n) is 9.79. The first kappa shape index (κ1) is 19.2. The van der Waals surface area contributed by atoms with Gasteiger partial charge in [-0.05, 0) is 25.8 Å². The number of likely N-dealkylation sites (tertiary alicyclic amines) is 1. The summed E-state index contributed by atoms with van der Waals surface area (Å²) in [4.78, 5) is 15.0. The van der Waals surface area contributed by atoms with E-state index in [2.05, 4.69) is 10.2 Å². The average Bonchev–Trinajstić information content (AvgIpc) is 3.15. The third-order valence-corrected chi connectivity index (χ3v) is 5.64. The minimum Gasteiger partial charge on any atom is -0.496 e. The number of aliphatic hydroxyl groups is 1. The lowest BCUT2D eigenvalue weighted by molar-refractivity contribution is -0.0304. The molecule has 1 saturated heterocycles. The van der Waals surface area contributed by atoms with E-state index >= 15 is 0 Å². The number of β-amino-alcohol motifs (C(OH)–C–C–N with tert-alkyl or cyclic N) is 1. The van der Waals surface area contributed by atoms with Crippen LogP contribution in [0.1, 0.15) is 34.5 Å². The monoisotopic (exact) mass is 391 g/mol. The second kappa shape index (κ2) is 7.72. The van der Waals surface area contributed by atoms with Crippen molar-refractivity contribution < 1.29 is 14.6 Å². The van der Waals surface area contributed by atoms with Crippen molar-refractivity contribution in [3.8, 4) is 17.0 Å². The Kier molecular flexibility index (Phi) is 5.11. The number of nitrogens with zero attached hydrogens (tertiary/aromatic N) is 2. The molecule has 3 aromatic rings. The normalized spacial score (nSPS) is 19.2. The highest BCUT2D eigenvalue weighted by Crippen LogP contribution is 2.37. The van der Waals surface area contributed by atoms with E-state index in [1.54, 1.807) is 12.0 Å². The van der Waals surface area contributed by atoms with Gasteiger partial charge in [-0.3, -0.25) is 9.89 Å². The number of aromatic nitrogens is 2. The summed E-state index contributed by atoms with van der Waals surface area (Å²) in [5.41, 5.74) is 2.58. The third kappa shape index (κ3) is 3.51. The Bertz CT molecular complexity index is 1020. The van der Waals surface area contributed by atoms with E-state index in [0.29, 0.717) is 36.4 Å². The van der Waals surface area contributed by atoms with Gasteiger partial charge in [-0.15, -0.1) is 0 Å². The van der Waals surface area contributed by atoms with Crippen LogP contribution >= 0.6 is 0 Å². The predicted octanol–water partition coefficient (Wildman–Crippen LogP) is 3.52. The van der Waals surface area contributed by atoms with E-state index in [9.17, 15) is 9.90 Å². The molecule has 1 aliphatic rings. The van der Waals surface area contributed by atoms with Crippen molar-refractivity contribution in [1.82, 2.24) is 15.1 Å². The number of methoxy groups -OCH3 is 1. The van der Waals surface area contributed by atoms with Gasteiger partial charge < -0.3 is 14.7 Å². The number of amides is 1. The molecular formula is C23H25N3O3. The van der Waals surface area contributed by atoms with Gasteiger partial charge in [-0.2, -0.15) is 5.10 Å². The van der Waals surface area contributed by atoms with Gasteiger partial charge in [0.15, 0.2) is 0 Å². The number of rotatable bonds is 4. The molecule has 0 bridgehead atoms. The van der Waals surface area contributed by atoms with E-state index in [1.807, 2.05) is 61.5 Å². The summed E-state index contributed by atoms with van der Waals surface area (Å²) in [5, 5.41) is 18.7. The molecule has 29 heavy (non-hydrogen) atoms. The first-order valence-corrected chi connectivity index (χ1v) is 9.79. The first-order chi connectivity index (χ1) is 14.0. The number of carbonyl (C=O) groups excluding carboxylic acids is 1. The Labute approximate surface area is 170 Å². The molecule has 1 fully saturated rings. The van der Waals surface area contributed by atoms with Crippen LogP contribution in [-0.2, 0) is 5.60 Å². The van der Waals surface area contributed by atoms with Gasteiger partial charge in [0.1, 0.15) is 17.0 Å². The maximum Gasteiger partial charge on any atom is 0.272 e. The molecule has 1 aromatic heterocycles. The SMILES string of the molecule is COc1ccccc1C1(O)CCCN(C(=O)c2[nH]nc(-c3ccccc3)c2C)C1. The number of benzene rings is 2. The number of aromatic amines is 1. The Morgan fingerprint density at radius 3 is 2.66 bits per heavy atom. The van der Waals surface area contributed by atoms with Crippen LogP contribution in [0.4, 0.5) is 0 Å². The molecule has 6 nitrogen and oxygen atoms in total. The van der Waals surface area contributed by atoms with Crippen LogP contribution in [0.3, 0.4) is 0 Å². The largest absolute Gasteiger partial charge is 0.496 e. The van der Waals surface area contributed by atoms with Gasteiger partial charge in [-0.25, -0.2) is 0 Å². The molecule has 0 aliphatic carbocycles. The van der Waals surface area contributed by atoms with Crippen molar-refractivity contribution in [1.29, 1.82) is 0 Å². The van der Waals surface area contributed by atoms with Crippen molar-refractivity contribution in [2.24, 2.45) is 0 Å². The van der Waals surface area contributed by atoms with Gasteiger partial charge in [0.05, 0.1) is 19.3 Å². The average molecular weight is 391 g/mol. The highest BCUT2D eigenvalue weighted by molar-refractivity contribution is 5.95. The Hall–Kier alpha value is -3.12. The van der Waals surface area contributed by atoms with Gasteiger partial charge in [0, 0.05) is 23.2 Å². The van der Waals surface area contributed by atoms with Crippen LogP contribution < -0.4 is 4.74 Å². The minimum atomic E-state index is -1.14. The molecule has 1 atom stereocenters. The van der Waals surface area contributed by atoms with Crippen molar-refractivity contribution in [3.05, 3.63) is 71.4 Å². The second-order valence-corrected chi connectivity index (χ2v) is 7.50. The molecule has 0 spiro atoms. The molecule has 6 heteroatoms. The molecule has 1 amide bonds. The fraction of sp³-hybridized carbons (Fsp3) is 0.304. The lowest BCUT2D eigenvalue weighted by Gasteiger charge is -2.40. The zero-order valence-electron chi connectivity index (χ0n) is 16.7. The molecule has 150 valence electrons. The number of H-pyrrole nitrogens is 1. The van der Waals surface area contributed by atoms with Crippen molar-refractivity contribution in [3.63, 3.8) is 0 Å². The number of piperidine rings is 1. The molecule has 0 radical (unpaired) electrons. The summed E-state index contributed by atoms with van der Waals surface area (Å²) in [6.07, 6.45) is 1.29. The number of ether oxygens (including phenoxy) is 1. The number of nitrogens with one attached hydrogen (secondary N) is 1. The topological polar surface area (TPSA) is 78.5 Å². The summed E-state index contributed by atoms with van der Waals surface area (Å²) in [7, 11) is 1.59. The van der Waals surface area contributed by atoms with Crippen LogP contribution in [0.15, 0.2) is 54.6 Å². The molecule has 4 rings (SSSR count). The van der Waals surface area contributed by atoms with Crippen LogP contribution in [0, 0.1) is 6.92 Å². The lowest BCUT2D eigenvalue weighted by Crippen LogP contribution is -2.48. The summed E-state index contributed by atoms with van der Waals surface area (Å²) in [5.74, 6) is 0.485. The Balaban J connectivity index is 1.61. The summed E-state index contributed by atoms with van der Waals surface area (Å²) in [6.45, 7) is 2.70. The van der Waals surface area contributed by atoms with Gasteiger partial charge in [0.2, 0.25) is 0 Å². The maximum absolute atomic E-state index is 13.3. The molecule has 0 saturated carbocycles. The molecule has 2 N–H and O–H groups in total. The number of para-hydroxylation sites is 1.